The summed E-state index contributed by atoms with van der Waals surface area (Å²) in [7, 11) is -2.86. The number of sulfone groups is 1. The zero-order chi connectivity index (χ0) is 13.9. The maximum Gasteiger partial charge on any atom is 0.242 e. The topological polar surface area (TPSA) is 107 Å². The number of nitrogens with zero attached hydrogens (tertiary/aromatic N) is 2. The zero-order valence-corrected chi connectivity index (χ0v) is 11.6. The van der Waals surface area contributed by atoms with Gasteiger partial charge in [0.05, 0.1) is 18.1 Å². The second-order valence-corrected chi connectivity index (χ2v) is 6.75. The van der Waals surface area contributed by atoms with E-state index in [1.54, 1.807) is 0 Å². The van der Waals surface area contributed by atoms with Crippen LogP contribution >= 0.6 is 0 Å². The third-order valence-electron chi connectivity index (χ3n) is 3.02. The first-order chi connectivity index (χ1) is 9.02. The summed E-state index contributed by atoms with van der Waals surface area (Å²) in [6.45, 7) is 2.32. The molecule has 3 N–H and O–H groups in total. The third kappa shape index (κ3) is 3.46. The fourth-order valence-corrected chi connectivity index (χ4v) is 3.47. The van der Waals surface area contributed by atoms with Gasteiger partial charge >= 0.3 is 0 Å². The molecular formula is C11H18N4O3S. The van der Waals surface area contributed by atoms with E-state index in [9.17, 15) is 8.42 Å². The van der Waals surface area contributed by atoms with Gasteiger partial charge in [-0.3, -0.25) is 0 Å². The molecule has 19 heavy (non-hydrogen) atoms. The minimum atomic E-state index is -2.86. The van der Waals surface area contributed by atoms with Gasteiger partial charge in [-0.1, -0.05) is 0 Å². The van der Waals surface area contributed by atoms with Gasteiger partial charge in [0.15, 0.2) is 5.82 Å². The van der Waals surface area contributed by atoms with Crippen molar-refractivity contribution in [2.45, 2.75) is 25.8 Å². The highest BCUT2D eigenvalue weighted by Crippen LogP contribution is 2.26. The Labute approximate surface area is 112 Å². The summed E-state index contributed by atoms with van der Waals surface area (Å²) in [4.78, 5) is 8.03. The molecule has 1 aliphatic heterocycles. The Bertz CT molecular complexity index is 533. The summed E-state index contributed by atoms with van der Waals surface area (Å²) in [5, 5.41) is 3.17. The molecule has 106 valence electrons. The van der Waals surface area contributed by atoms with Crippen LogP contribution in [0.1, 0.15) is 19.8 Å². The van der Waals surface area contributed by atoms with Crippen LogP contribution in [0.25, 0.3) is 0 Å². The summed E-state index contributed by atoms with van der Waals surface area (Å²) in [6, 6.07) is 0.0650. The number of rotatable bonds is 4. The molecular weight excluding hydrogens is 268 g/mol. The highest BCUT2D eigenvalue weighted by molar-refractivity contribution is 7.91. The number of nitrogen functional groups attached to an aromatic ring is 1. The molecule has 0 aliphatic carbocycles. The van der Waals surface area contributed by atoms with Crippen LogP contribution in [0.3, 0.4) is 0 Å². The van der Waals surface area contributed by atoms with E-state index >= 15 is 0 Å². The van der Waals surface area contributed by atoms with Gasteiger partial charge < -0.3 is 15.8 Å². The Balaban J connectivity index is 2.05. The van der Waals surface area contributed by atoms with E-state index in [2.05, 4.69) is 15.3 Å². The predicted octanol–water partition coefficient (Wildman–Crippen LogP) is 0.447. The second-order valence-electron chi connectivity index (χ2n) is 4.44. The smallest absolute Gasteiger partial charge is 0.242 e. The van der Waals surface area contributed by atoms with Crippen molar-refractivity contribution >= 4 is 21.3 Å². The number of hydrogen-bond acceptors (Lipinski definition) is 7. The van der Waals surface area contributed by atoms with Crippen LogP contribution in [0.15, 0.2) is 6.33 Å². The number of nitrogens with one attached hydrogen (secondary N) is 1. The molecule has 1 aromatic heterocycles. The molecule has 1 aromatic rings. The number of nitrogens with two attached hydrogens (primary N) is 1. The van der Waals surface area contributed by atoms with Gasteiger partial charge in [-0.05, 0) is 19.8 Å². The van der Waals surface area contributed by atoms with Crippen molar-refractivity contribution in [3.8, 4) is 5.88 Å². The molecule has 2 heterocycles. The van der Waals surface area contributed by atoms with Crippen molar-refractivity contribution in [2.75, 3.05) is 29.2 Å². The van der Waals surface area contributed by atoms with E-state index in [0.29, 0.717) is 36.8 Å². The molecule has 0 radical (unpaired) electrons. The fourth-order valence-electron chi connectivity index (χ4n) is 1.97. The van der Waals surface area contributed by atoms with Gasteiger partial charge in [-0.25, -0.2) is 13.4 Å². The standard InChI is InChI=1S/C11H18N4O3S/c1-2-18-11-9(12)10(13-7-14-11)15-8-3-5-19(16,17)6-4-8/h7-8H,2-6,12H2,1H3,(H,13,14,15). The Morgan fingerprint density at radius 3 is 2.74 bits per heavy atom. The van der Waals surface area contributed by atoms with Gasteiger partial charge in [0, 0.05) is 6.04 Å². The number of aromatic nitrogens is 2. The molecule has 0 saturated carbocycles. The Hall–Kier alpha value is -1.57. The highest BCUT2D eigenvalue weighted by atomic mass is 32.2. The van der Waals surface area contributed by atoms with E-state index in [1.807, 2.05) is 6.92 Å². The SMILES string of the molecule is CCOc1ncnc(NC2CCS(=O)(=O)CC2)c1N. The molecule has 8 heteroatoms. The maximum absolute atomic E-state index is 11.4. The fraction of sp³-hybridized carbons (Fsp3) is 0.636. The number of hydrogen-bond donors (Lipinski definition) is 2. The first-order valence-electron chi connectivity index (χ1n) is 6.22. The van der Waals surface area contributed by atoms with Crippen molar-refractivity contribution < 1.29 is 13.2 Å². The van der Waals surface area contributed by atoms with Crippen LogP contribution in [0.5, 0.6) is 5.88 Å². The average molecular weight is 286 g/mol. The normalized spacial score (nSPS) is 19.0. The first-order valence-corrected chi connectivity index (χ1v) is 8.04. The Morgan fingerprint density at radius 1 is 1.42 bits per heavy atom. The van der Waals surface area contributed by atoms with Gasteiger partial charge in [0.25, 0.3) is 0 Å². The van der Waals surface area contributed by atoms with E-state index in [-0.39, 0.29) is 17.5 Å². The molecule has 0 spiro atoms. The summed E-state index contributed by atoms with van der Waals surface area (Å²) < 4.78 is 28.0. The Morgan fingerprint density at radius 2 is 2.11 bits per heavy atom. The minimum Gasteiger partial charge on any atom is -0.476 e. The molecule has 1 aliphatic rings. The van der Waals surface area contributed by atoms with E-state index in [1.165, 1.54) is 6.33 Å². The largest absolute Gasteiger partial charge is 0.476 e. The summed E-state index contributed by atoms with van der Waals surface area (Å²) >= 11 is 0. The molecule has 2 rings (SSSR count). The molecule has 7 nitrogen and oxygen atoms in total. The van der Waals surface area contributed by atoms with E-state index in [4.69, 9.17) is 10.5 Å². The third-order valence-corrected chi connectivity index (χ3v) is 4.74. The van der Waals surface area contributed by atoms with Crippen molar-refractivity contribution in [3.63, 3.8) is 0 Å². The van der Waals surface area contributed by atoms with Gasteiger partial charge in [-0.2, -0.15) is 4.98 Å². The molecule has 0 atom stereocenters. The van der Waals surface area contributed by atoms with Crippen LogP contribution in [-0.4, -0.2) is 42.5 Å². The van der Waals surface area contributed by atoms with E-state index < -0.39 is 9.84 Å². The van der Waals surface area contributed by atoms with Crippen LogP contribution in [-0.2, 0) is 9.84 Å². The number of anilines is 2. The van der Waals surface area contributed by atoms with Crippen LogP contribution in [0.2, 0.25) is 0 Å². The number of ether oxygens (including phenoxy) is 1. The van der Waals surface area contributed by atoms with Gasteiger partial charge in [0.2, 0.25) is 5.88 Å². The lowest BCUT2D eigenvalue weighted by molar-refractivity contribution is 0.328. The van der Waals surface area contributed by atoms with Crippen molar-refractivity contribution in [3.05, 3.63) is 6.33 Å². The molecule has 0 unspecified atom stereocenters. The highest BCUT2D eigenvalue weighted by Gasteiger charge is 2.24. The molecule has 0 bridgehead atoms. The molecule has 1 saturated heterocycles. The monoisotopic (exact) mass is 286 g/mol. The van der Waals surface area contributed by atoms with E-state index in [0.717, 1.165) is 0 Å². The van der Waals surface area contributed by atoms with Crippen molar-refractivity contribution in [1.82, 2.24) is 9.97 Å². The molecule has 0 amide bonds. The van der Waals surface area contributed by atoms with Crippen molar-refractivity contribution in [1.29, 1.82) is 0 Å². The lowest BCUT2D eigenvalue weighted by atomic mass is 10.1. The lowest BCUT2D eigenvalue weighted by Gasteiger charge is -2.24. The Kier molecular flexibility index (Phi) is 4.08. The summed E-state index contributed by atoms with van der Waals surface area (Å²) in [5.41, 5.74) is 6.27. The molecule has 1 fully saturated rings. The maximum atomic E-state index is 11.4. The van der Waals surface area contributed by atoms with Gasteiger partial charge in [0.1, 0.15) is 21.9 Å². The van der Waals surface area contributed by atoms with Crippen LogP contribution < -0.4 is 15.8 Å². The molecule has 0 aromatic carbocycles. The summed E-state index contributed by atoms with van der Waals surface area (Å²) in [6.07, 6.45) is 2.51. The van der Waals surface area contributed by atoms with Crippen LogP contribution in [0, 0.1) is 0 Å². The minimum absolute atomic E-state index is 0.0650. The summed E-state index contributed by atoms with van der Waals surface area (Å²) in [5.74, 6) is 1.26. The lowest BCUT2D eigenvalue weighted by Crippen LogP contribution is -2.32. The predicted molar refractivity (Wildman–Crippen MR) is 72.9 cm³/mol. The first kappa shape index (κ1) is 13.9. The average Bonchev–Trinajstić information content (AvgIpc) is 2.37. The zero-order valence-electron chi connectivity index (χ0n) is 10.8. The van der Waals surface area contributed by atoms with Crippen LogP contribution in [0.4, 0.5) is 11.5 Å². The second kappa shape index (κ2) is 5.60. The van der Waals surface area contributed by atoms with Crippen molar-refractivity contribution in [2.24, 2.45) is 0 Å². The quantitative estimate of drug-likeness (QED) is 0.827. The van der Waals surface area contributed by atoms with Gasteiger partial charge in [-0.15, -0.1) is 0 Å².